The molecule has 32 heavy (non-hydrogen) atoms. The van der Waals surface area contributed by atoms with Crippen molar-refractivity contribution < 1.29 is 18.3 Å². The maximum absolute atomic E-state index is 14.2. The topological polar surface area (TPSA) is 59.6 Å². The number of amides is 1. The number of hydrogen-bond acceptors (Lipinski definition) is 4. The number of benzene rings is 1. The Balaban J connectivity index is 1.64. The van der Waals surface area contributed by atoms with Crippen LogP contribution in [0.1, 0.15) is 72.5 Å². The van der Waals surface area contributed by atoms with Crippen LogP contribution in [-0.2, 0) is 9.16 Å². The quantitative estimate of drug-likeness (QED) is 0.444. The third-order valence-electron chi connectivity index (χ3n) is 7.02. The number of rotatable bonds is 7. The highest BCUT2D eigenvalue weighted by Gasteiger charge is 2.68. The minimum Gasteiger partial charge on any atom is -0.444 e. The summed E-state index contributed by atoms with van der Waals surface area (Å²) in [6.07, 6.45) is 1.95. The first-order chi connectivity index (χ1) is 14.5. The molecule has 0 spiro atoms. The predicted octanol–water partition coefficient (Wildman–Crippen LogP) is 6.33. The molecular formula is C24H38ClFN2O3Si. The highest BCUT2D eigenvalue weighted by Crippen LogP contribution is 2.60. The Morgan fingerprint density at radius 1 is 1.16 bits per heavy atom. The van der Waals surface area contributed by atoms with Crippen LogP contribution in [0.25, 0.3) is 0 Å². The Morgan fingerprint density at radius 2 is 1.75 bits per heavy atom. The molecule has 1 aromatic rings. The molecule has 3 aliphatic carbocycles. The van der Waals surface area contributed by atoms with Crippen LogP contribution in [0.3, 0.4) is 0 Å². The molecule has 1 aromatic carbocycles. The SMILES string of the molecule is CC(C)(C)OC(=O)NC12CC(NCC(O[Si](C)(C)C(C)(C)C)c3ccc(Cl)c(F)c3)(C1)C2. The van der Waals surface area contributed by atoms with E-state index < -0.39 is 19.7 Å². The second-order valence-electron chi connectivity index (χ2n) is 12.1. The molecule has 3 fully saturated rings. The average molecular weight is 485 g/mol. The van der Waals surface area contributed by atoms with E-state index >= 15 is 0 Å². The average Bonchev–Trinajstić information content (AvgIpc) is 2.54. The molecule has 0 aliphatic heterocycles. The molecule has 180 valence electrons. The smallest absolute Gasteiger partial charge is 0.408 e. The van der Waals surface area contributed by atoms with Gasteiger partial charge in [0.05, 0.1) is 11.1 Å². The van der Waals surface area contributed by atoms with Crippen LogP contribution in [0.4, 0.5) is 9.18 Å². The summed E-state index contributed by atoms with van der Waals surface area (Å²) in [4.78, 5) is 12.1. The number of halogens is 2. The maximum Gasteiger partial charge on any atom is 0.408 e. The predicted molar refractivity (Wildman–Crippen MR) is 129 cm³/mol. The van der Waals surface area contributed by atoms with Gasteiger partial charge in [-0.3, -0.25) is 0 Å². The first kappa shape index (κ1) is 25.5. The van der Waals surface area contributed by atoms with Gasteiger partial charge in [0.2, 0.25) is 0 Å². The van der Waals surface area contributed by atoms with Crippen LogP contribution >= 0.6 is 11.6 Å². The van der Waals surface area contributed by atoms with Crippen molar-refractivity contribution in [3.8, 4) is 0 Å². The minimum atomic E-state index is -2.09. The van der Waals surface area contributed by atoms with E-state index in [0.29, 0.717) is 6.54 Å². The standard InChI is InChI=1S/C24H38ClFN2O3Si/c1-21(2,3)30-20(29)28-24-13-23(14-24,15-24)27-12-19(31-32(7,8)22(4,5)6)16-9-10-17(25)18(26)11-16/h9-11,19,27H,12-15H2,1-8H3,(H,28,29). The molecule has 3 aliphatic rings. The van der Waals surface area contributed by atoms with Crippen molar-refractivity contribution in [1.29, 1.82) is 0 Å². The van der Waals surface area contributed by atoms with E-state index in [0.717, 1.165) is 24.8 Å². The first-order valence-electron chi connectivity index (χ1n) is 11.3. The lowest BCUT2D eigenvalue weighted by Crippen LogP contribution is -2.83. The third-order valence-corrected chi connectivity index (χ3v) is 11.8. The lowest BCUT2D eigenvalue weighted by atomic mass is 9.44. The van der Waals surface area contributed by atoms with E-state index in [9.17, 15) is 9.18 Å². The molecule has 5 nitrogen and oxygen atoms in total. The van der Waals surface area contributed by atoms with E-state index in [1.54, 1.807) is 6.07 Å². The maximum atomic E-state index is 14.2. The number of carbonyl (C=O) groups excluding carboxylic acids is 1. The van der Waals surface area contributed by atoms with Gasteiger partial charge < -0.3 is 19.8 Å². The van der Waals surface area contributed by atoms with Gasteiger partial charge in [-0.05, 0) is 75.9 Å². The normalized spacial score (nSPS) is 26.1. The second kappa shape index (κ2) is 8.26. The number of nitrogens with one attached hydrogen (secondary N) is 2. The fraction of sp³-hybridized carbons (Fsp3) is 0.708. The molecule has 0 aromatic heterocycles. The Kier molecular flexibility index (Phi) is 6.57. The highest BCUT2D eigenvalue weighted by atomic mass is 35.5. The Morgan fingerprint density at radius 3 is 2.25 bits per heavy atom. The number of hydrogen-bond donors (Lipinski definition) is 2. The van der Waals surface area contributed by atoms with Gasteiger partial charge in [0.15, 0.2) is 8.32 Å². The second-order valence-corrected chi connectivity index (χ2v) is 17.3. The summed E-state index contributed by atoms with van der Waals surface area (Å²) in [6, 6.07) is 4.92. The molecule has 1 amide bonds. The Bertz CT molecular complexity index is 859. The molecular weight excluding hydrogens is 447 g/mol. The Hall–Kier alpha value is -1.15. The van der Waals surface area contributed by atoms with Gasteiger partial charge in [-0.25, -0.2) is 9.18 Å². The summed E-state index contributed by atoms with van der Waals surface area (Å²) >= 11 is 5.91. The van der Waals surface area contributed by atoms with Crippen LogP contribution in [0, 0.1) is 5.82 Å². The summed E-state index contributed by atoms with van der Waals surface area (Å²) < 4.78 is 26.3. The fourth-order valence-corrected chi connectivity index (χ4v) is 5.81. The van der Waals surface area contributed by atoms with Crippen LogP contribution in [0.5, 0.6) is 0 Å². The molecule has 2 N–H and O–H groups in total. The minimum absolute atomic E-state index is 0.00494. The number of alkyl carbamates (subject to hydrolysis) is 1. The van der Waals surface area contributed by atoms with E-state index in [4.69, 9.17) is 20.8 Å². The molecule has 3 saturated carbocycles. The van der Waals surface area contributed by atoms with Crippen LogP contribution in [0.15, 0.2) is 18.2 Å². The molecule has 0 radical (unpaired) electrons. The molecule has 1 unspecified atom stereocenters. The molecule has 1 atom stereocenters. The van der Waals surface area contributed by atoms with E-state index in [1.807, 2.05) is 26.8 Å². The zero-order chi connectivity index (χ0) is 24.2. The number of carbonyl (C=O) groups is 1. The number of ether oxygens (including phenoxy) is 1. The van der Waals surface area contributed by atoms with Gasteiger partial charge in [0, 0.05) is 17.6 Å². The molecule has 8 heteroatoms. The van der Waals surface area contributed by atoms with Crippen molar-refractivity contribution in [2.24, 2.45) is 0 Å². The summed E-state index contributed by atoms with van der Waals surface area (Å²) in [7, 11) is -2.09. The van der Waals surface area contributed by atoms with Gasteiger partial charge >= 0.3 is 6.09 Å². The highest BCUT2D eigenvalue weighted by molar-refractivity contribution is 6.74. The van der Waals surface area contributed by atoms with Gasteiger partial charge in [-0.2, -0.15) is 0 Å². The van der Waals surface area contributed by atoms with Gasteiger partial charge in [0.25, 0.3) is 0 Å². The van der Waals surface area contributed by atoms with E-state index in [2.05, 4.69) is 44.5 Å². The van der Waals surface area contributed by atoms with Crippen molar-refractivity contribution in [3.63, 3.8) is 0 Å². The summed E-state index contributed by atoms with van der Waals surface area (Å²) in [5, 5.41) is 6.85. The lowest BCUT2D eigenvalue weighted by Gasteiger charge is -2.70. The van der Waals surface area contributed by atoms with Crippen molar-refractivity contribution in [1.82, 2.24) is 10.6 Å². The van der Waals surface area contributed by atoms with E-state index in [-0.39, 0.29) is 33.3 Å². The van der Waals surface area contributed by atoms with E-state index in [1.165, 1.54) is 6.07 Å². The van der Waals surface area contributed by atoms with Gasteiger partial charge in [0.1, 0.15) is 11.4 Å². The first-order valence-corrected chi connectivity index (χ1v) is 14.6. The monoisotopic (exact) mass is 484 g/mol. The van der Waals surface area contributed by atoms with Crippen molar-refractivity contribution >= 4 is 26.0 Å². The zero-order valence-corrected chi connectivity index (χ0v) is 22.4. The largest absolute Gasteiger partial charge is 0.444 e. The summed E-state index contributed by atoms with van der Waals surface area (Å²) in [6.45, 7) is 17.1. The van der Waals surface area contributed by atoms with Crippen LogP contribution in [0.2, 0.25) is 23.2 Å². The van der Waals surface area contributed by atoms with Crippen LogP contribution in [-0.4, -0.2) is 37.6 Å². The Labute approximate surface area is 197 Å². The lowest BCUT2D eigenvalue weighted by molar-refractivity contribution is -0.107. The summed E-state index contributed by atoms with van der Waals surface area (Å²) in [5.41, 5.74) is 0.107. The molecule has 2 bridgehead atoms. The van der Waals surface area contributed by atoms with Crippen LogP contribution < -0.4 is 10.6 Å². The molecule has 0 saturated heterocycles. The summed E-state index contributed by atoms with van der Waals surface area (Å²) in [5.74, 6) is -0.431. The fourth-order valence-electron chi connectivity index (χ4n) is 4.41. The molecule has 4 rings (SSSR count). The van der Waals surface area contributed by atoms with Crippen molar-refractivity contribution in [2.75, 3.05) is 6.54 Å². The van der Waals surface area contributed by atoms with Crippen molar-refractivity contribution in [3.05, 3.63) is 34.6 Å². The third kappa shape index (κ3) is 5.49. The molecule has 0 heterocycles. The van der Waals surface area contributed by atoms with Gasteiger partial charge in [-0.15, -0.1) is 0 Å². The van der Waals surface area contributed by atoms with Gasteiger partial charge in [-0.1, -0.05) is 38.4 Å². The van der Waals surface area contributed by atoms with Crippen molar-refractivity contribution in [2.45, 2.75) is 102 Å². The zero-order valence-electron chi connectivity index (χ0n) is 20.6.